The molecule has 0 radical (unpaired) electrons. The minimum atomic E-state index is -0.595. The fourth-order valence-electron chi connectivity index (χ4n) is 2.61. The van der Waals surface area contributed by atoms with E-state index in [1.807, 2.05) is 18.7 Å². The Morgan fingerprint density at radius 1 is 1.46 bits per heavy atom. The molecule has 2 rings (SSSR count). The van der Waals surface area contributed by atoms with E-state index in [-0.39, 0.29) is 0 Å². The molecule has 1 aromatic rings. The van der Waals surface area contributed by atoms with Crippen molar-refractivity contribution >= 4 is 51.6 Å². The van der Waals surface area contributed by atoms with Crippen LogP contribution in [0.1, 0.15) is 33.6 Å². The number of hydroxylamine groups is 2. The third-order valence-electron chi connectivity index (χ3n) is 3.79. The van der Waals surface area contributed by atoms with E-state index in [1.54, 1.807) is 24.3 Å². The van der Waals surface area contributed by atoms with Crippen molar-refractivity contribution in [3.8, 4) is 0 Å². The number of thiocarbonyl (C=S) groups is 1. The summed E-state index contributed by atoms with van der Waals surface area (Å²) in [5, 5.41) is 14.5. The Bertz CT molecular complexity index is 610. The largest absolute Gasteiger partial charge is 0.347 e. The van der Waals surface area contributed by atoms with E-state index < -0.39 is 16.9 Å². The maximum Gasteiger partial charge on any atom is 0.347 e. The lowest BCUT2D eigenvalue weighted by molar-refractivity contribution is -0.114. The number of carbonyl (C=O) groups is 1. The van der Waals surface area contributed by atoms with Gasteiger partial charge in [0.1, 0.15) is 10.5 Å². The molecule has 0 spiro atoms. The van der Waals surface area contributed by atoms with Crippen LogP contribution in [-0.2, 0) is 0 Å². The number of hydrogen-bond donors (Lipinski definition) is 2. The van der Waals surface area contributed by atoms with Crippen molar-refractivity contribution in [2.24, 2.45) is 0 Å². The van der Waals surface area contributed by atoms with E-state index >= 15 is 0 Å². The maximum absolute atomic E-state index is 12.5. The summed E-state index contributed by atoms with van der Waals surface area (Å²) in [4.78, 5) is 14.4. The molecule has 1 aromatic carbocycles. The van der Waals surface area contributed by atoms with Gasteiger partial charge in [0.15, 0.2) is 0 Å². The third kappa shape index (κ3) is 4.33. The first-order valence-electron chi connectivity index (χ1n) is 7.80. The second kappa shape index (κ2) is 7.91. The van der Waals surface area contributed by atoms with Gasteiger partial charge in [-0.1, -0.05) is 48.9 Å². The molecular weight excluding hydrogens is 366 g/mol. The fourth-order valence-corrected chi connectivity index (χ4v) is 4.66. The second-order valence-corrected chi connectivity index (χ2v) is 8.90. The maximum atomic E-state index is 12.5. The Morgan fingerprint density at radius 3 is 2.67 bits per heavy atom. The molecule has 1 fully saturated rings. The van der Waals surface area contributed by atoms with Crippen LogP contribution in [-0.4, -0.2) is 43.0 Å². The predicted molar refractivity (Wildman–Crippen MR) is 104 cm³/mol. The highest BCUT2D eigenvalue weighted by Gasteiger charge is 2.49. The Hall–Kier alpha value is -1.02. The van der Waals surface area contributed by atoms with Gasteiger partial charge in [0.2, 0.25) is 0 Å². The Morgan fingerprint density at radius 2 is 2.08 bits per heavy atom. The number of carbonyl (C=O) groups excluding carboxylic acids is 1. The minimum absolute atomic E-state index is 0.406. The van der Waals surface area contributed by atoms with E-state index in [4.69, 9.17) is 23.8 Å². The van der Waals surface area contributed by atoms with Gasteiger partial charge in [0.25, 0.3) is 0 Å². The molecule has 1 atom stereocenters. The minimum Gasteiger partial charge on any atom is -0.334 e. The van der Waals surface area contributed by atoms with Crippen LogP contribution in [0.5, 0.6) is 0 Å². The lowest BCUT2D eigenvalue weighted by atomic mass is 10.1. The van der Waals surface area contributed by atoms with Crippen molar-refractivity contribution in [3.63, 3.8) is 0 Å². The summed E-state index contributed by atoms with van der Waals surface area (Å²) < 4.78 is 0.300. The fraction of sp³-hybridized carbons (Fsp3) is 0.500. The number of hydrogen-bond acceptors (Lipinski definition) is 4. The summed E-state index contributed by atoms with van der Waals surface area (Å²) in [6.07, 6.45) is 1.44. The van der Waals surface area contributed by atoms with Gasteiger partial charge in [0, 0.05) is 17.3 Å². The zero-order chi connectivity index (χ0) is 17.9. The van der Waals surface area contributed by atoms with Gasteiger partial charge >= 0.3 is 6.03 Å². The number of nitrogens with zero attached hydrogens (tertiary/aromatic N) is 2. The van der Waals surface area contributed by atoms with E-state index in [1.165, 1.54) is 11.8 Å². The highest BCUT2D eigenvalue weighted by molar-refractivity contribution is 8.24. The van der Waals surface area contributed by atoms with Crippen molar-refractivity contribution < 1.29 is 10.0 Å². The number of benzene rings is 1. The molecule has 2 amide bonds. The van der Waals surface area contributed by atoms with Crippen LogP contribution in [0.2, 0.25) is 5.02 Å². The summed E-state index contributed by atoms with van der Waals surface area (Å²) in [5.41, 5.74) is 0.564. The van der Waals surface area contributed by atoms with Gasteiger partial charge < -0.3 is 10.2 Å². The highest BCUT2D eigenvalue weighted by Crippen LogP contribution is 2.42. The van der Waals surface area contributed by atoms with Gasteiger partial charge in [-0.2, -0.15) is 5.06 Å². The third-order valence-corrected chi connectivity index (χ3v) is 5.67. The summed E-state index contributed by atoms with van der Waals surface area (Å²) >= 11 is 12.8. The number of thioether (sulfide) groups is 1. The molecule has 0 bridgehead atoms. The van der Waals surface area contributed by atoms with Crippen LogP contribution < -0.4 is 5.32 Å². The van der Waals surface area contributed by atoms with Crippen LogP contribution in [0, 0.1) is 0 Å². The average molecular weight is 388 g/mol. The summed E-state index contributed by atoms with van der Waals surface area (Å²) in [6, 6.07) is 6.13. The van der Waals surface area contributed by atoms with Crippen LogP contribution >= 0.6 is 35.6 Å². The van der Waals surface area contributed by atoms with Gasteiger partial charge in [-0.05, 0) is 44.5 Å². The van der Waals surface area contributed by atoms with E-state index in [0.29, 0.717) is 21.6 Å². The van der Waals surface area contributed by atoms with Crippen molar-refractivity contribution in [1.82, 2.24) is 9.96 Å². The van der Waals surface area contributed by atoms with Crippen LogP contribution in [0.15, 0.2) is 24.3 Å². The van der Waals surface area contributed by atoms with Gasteiger partial charge in [-0.15, -0.1) is 0 Å². The van der Waals surface area contributed by atoms with Crippen molar-refractivity contribution in [1.29, 1.82) is 0 Å². The number of amides is 2. The molecule has 0 aliphatic carbocycles. The van der Waals surface area contributed by atoms with Crippen molar-refractivity contribution in [2.45, 2.75) is 44.5 Å². The van der Waals surface area contributed by atoms with Gasteiger partial charge in [-0.3, -0.25) is 5.21 Å². The molecular formula is C16H22ClN3O2S2. The molecule has 0 unspecified atom stereocenters. The smallest absolute Gasteiger partial charge is 0.334 e. The van der Waals surface area contributed by atoms with Crippen LogP contribution in [0.3, 0.4) is 0 Å². The Balaban J connectivity index is 2.14. The number of nitrogens with one attached hydrogen (secondary N) is 1. The Labute approximate surface area is 157 Å². The molecule has 5 nitrogen and oxygen atoms in total. The lowest BCUT2D eigenvalue weighted by Crippen LogP contribution is -2.55. The van der Waals surface area contributed by atoms with Crippen molar-refractivity contribution in [2.75, 3.05) is 11.9 Å². The number of urea groups is 1. The normalized spacial score (nSPS) is 19.5. The molecule has 2 N–H and O–H groups in total. The predicted octanol–water partition coefficient (Wildman–Crippen LogP) is 4.80. The summed E-state index contributed by atoms with van der Waals surface area (Å²) in [7, 11) is 0. The first-order valence-corrected chi connectivity index (χ1v) is 9.41. The first-order chi connectivity index (χ1) is 11.3. The number of anilines is 1. The zero-order valence-electron chi connectivity index (χ0n) is 14.0. The number of unbranched alkanes of at least 4 members (excludes halogenated alkanes) is 1. The van der Waals surface area contributed by atoms with E-state index in [9.17, 15) is 10.0 Å². The Kier molecular flexibility index (Phi) is 6.36. The second-order valence-electron chi connectivity index (χ2n) is 6.17. The molecule has 1 saturated heterocycles. The summed E-state index contributed by atoms with van der Waals surface area (Å²) in [6.45, 7) is 6.75. The molecule has 1 aliphatic heterocycles. The molecule has 132 valence electrons. The quantitative estimate of drug-likeness (QED) is 0.431. The molecule has 0 saturated carbocycles. The first kappa shape index (κ1) is 19.3. The van der Waals surface area contributed by atoms with E-state index in [0.717, 1.165) is 17.9 Å². The number of rotatable bonds is 5. The highest BCUT2D eigenvalue weighted by atomic mass is 35.5. The lowest BCUT2D eigenvalue weighted by Gasteiger charge is -2.36. The van der Waals surface area contributed by atoms with Gasteiger partial charge in [-0.25, -0.2) is 4.79 Å². The zero-order valence-corrected chi connectivity index (χ0v) is 16.3. The van der Waals surface area contributed by atoms with Crippen LogP contribution in [0.4, 0.5) is 10.5 Å². The molecule has 0 aromatic heterocycles. The topological polar surface area (TPSA) is 55.8 Å². The number of halogens is 1. The SMILES string of the molecule is CCCCN1C(=S)SC(C)(C)[C@@H]1N(O)C(=O)Nc1ccc(Cl)cc1. The monoisotopic (exact) mass is 387 g/mol. The molecule has 24 heavy (non-hydrogen) atoms. The standard InChI is InChI=1S/C16H22ClN3O2S2/c1-4-5-10-19-13(16(2,3)24-15(19)23)20(22)14(21)18-12-8-6-11(17)7-9-12/h6-9,13,22H,4-5,10H2,1-3H3,(H,18,21)/t13-/m0/s1. The van der Waals surface area contributed by atoms with E-state index in [2.05, 4.69) is 12.2 Å². The summed E-state index contributed by atoms with van der Waals surface area (Å²) in [5.74, 6) is 0. The van der Waals surface area contributed by atoms with Crippen molar-refractivity contribution in [3.05, 3.63) is 29.3 Å². The van der Waals surface area contributed by atoms with Gasteiger partial charge in [0.05, 0.1) is 4.75 Å². The van der Waals surface area contributed by atoms with Crippen LogP contribution in [0.25, 0.3) is 0 Å². The average Bonchev–Trinajstić information content (AvgIpc) is 2.75. The molecule has 1 aliphatic rings. The molecule has 1 heterocycles. The molecule has 8 heteroatoms.